The van der Waals surface area contributed by atoms with E-state index in [1.165, 1.54) is 0 Å². The summed E-state index contributed by atoms with van der Waals surface area (Å²) in [6.07, 6.45) is 4.38. The summed E-state index contributed by atoms with van der Waals surface area (Å²) in [5.41, 5.74) is -0.692. The van der Waals surface area contributed by atoms with Crippen LogP contribution in [0.2, 0.25) is 18.1 Å². The van der Waals surface area contributed by atoms with Crippen LogP contribution in [-0.4, -0.2) is 31.8 Å². The lowest BCUT2D eigenvalue weighted by Gasteiger charge is -2.41. The van der Waals surface area contributed by atoms with Crippen molar-refractivity contribution in [3.63, 3.8) is 0 Å². The van der Waals surface area contributed by atoms with Crippen LogP contribution in [0.4, 0.5) is 0 Å². The van der Waals surface area contributed by atoms with Crippen molar-refractivity contribution in [2.75, 3.05) is 0 Å². The van der Waals surface area contributed by atoms with Crippen LogP contribution in [0.5, 0.6) is 0 Å². The predicted octanol–water partition coefficient (Wildman–Crippen LogP) is 2.98. The van der Waals surface area contributed by atoms with Gasteiger partial charge < -0.3 is 9.16 Å². The van der Waals surface area contributed by atoms with Crippen LogP contribution in [0, 0.1) is 0 Å². The zero-order valence-electron chi connectivity index (χ0n) is 12.6. The van der Waals surface area contributed by atoms with Crippen LogP contribution in [0.1, 0.15) is 40.0 Å². The van der Waals surface area contributed by atoms with Crippen LogP contribution in [0.3, 0.4) is 0 Å². The second-order valence-corrected chi connectivity index (χ2v) is 10.5. The standard InChI is InChI=1S/C15H24O4Si/c1-4-20(5-2,6-3)19-13-11-12(16)7-9-15(13)10-8-14(17)18-15/h7,9,13H,4-6,8,10-11H2,1-3H3/t13-,15+/m1/s1. The molecule has 0 unspecified atom stereocenters. The average molecular weight is 296 g/mol. The molecular weight excluding hydrogens is 272 g/mol. The highest BCUT2D eigenvalue weighted by Crippen LogP contribution is 2.40. The van der Waals surface area contributed by atoms with Gasteiger partial charge in [-0.15, -0.1) is 0 Å². The molecule has 0 aromatic carbocycles. The van der Waals surface area contributed by atoms with Crippen molar-refractivity contribution >= 4 is 20.1 Å². The third-order valence-electron chi connectivity index (χ3n) is 4.83. The maximum atomic E-state index is 11.8. The molecule has 0 amide bonds. The Bertz CT molecular complexity index is 419. The fourth-order valence-electron chi connectivity index (χ4n) is 3.16. The van der Waals surface area contributed by atoms with Gasteiger partial charge in [-0.2, -0.15) is 0 Å². The van der Waals surface area contributed by atoms with Gasteiger partial charge in [0.25, 0.3) is 0 Å². The molecule has 2 rings (SSSR count). The predicted molar refractivity (Wildman–Crippen MR) is 78.9 cm³/mol. The Hall–Kier alpha value is -0.943. The summed E-state index contributed by atoms with van der Waals surface area (Å²) in [6, 6.07) is 3.08. The van der Waals surface area contributed by atoms with E-state index in [2.05, 4.69) is 20.8 Å². The average Bonchev–Trinajstić information content (AvgIpc) is 2.83. The molecule has 1 aliphatic carbocycles. The van der Waals surface area contributed by atoms with Gasteiger partial charge in [-0.3, -0.25) is 9.59 Å². The summed E-state index contributed by atoms with van der Waals surface area (Å²) < 4.78 is 12.0. The Kier molecular flexibility index (Phi) is 4.49. The quantitative estimate of drug-likeness (QED) is 0.578. The van der Waals surface area contributed by atoms with E-state index in [4.69, 9.17) is 9.16 Å². The van der Waals surface area contributed by atoms with Gasteiger partial charge in [-0.05, 0) is 30.3 Å². The number of carbonyl (C=O) groups is 2. The molecule has 5 heteroatoms. The third kappa shape index (κ3) is 2.74. The normalized spacial score (nSPS) is 30.1. The number of allylic oxidation sites excluding steroid dienone is 1. The van der Waals surface area contributed by atoms with Crippen molar-refractivity contribution in [3.05, 3.63) is 12.2 Å². The van der Waals surface area contributed by atoms with E-state index in [0.717, 1.165) is 18.1 Å². The monoisotopic (exact) mass is 296 g/mol. The van der Waals surface area contributed by atoms with E-state index >= 15 is 0 Å². The number of ketones is 1. The molecule has 0 saturated carbocycles. The molecule has 1 spiro atoms. The van der Waals surface area contributed by atoms with E-state index in [0.29, 0.717) is 19.3 Å². The summed E-state index contributed by atoms with van der Waals surface area (Å²) in [5, 5.41) is 0. The van der Waals surface area contributed by atoms with Crippen molar-refractivity contribution < 1.29 is 18.8 Å². The molecular formula is C15H24O4Si. The number of esters is 1. The zero-order chi connectivity index (χ0) is 14.8. The minimum absolute atomic E-state index is 0.0646. The smallest absolute Gasteiger partial charge is 0.306 e. The molecule has 1 fully saturated rings. The molecule has 0 bridgehead atoms. The molecule has 2 atom stereocenters. The van der Waals surface area contributed by atoms with Crippen molar-refractivity contribution in [2.24, 2.45) is 0 Å². The first-order valence-electron chi connectivity index (χ1n) is 7.61. The van der Waals surface area contributed by atoms with E-state index < -0.39 is 13.9 Å². The van der Waals surface area contributed by atoms with Crippen molar-refractivity contribution in [3.8, 4) is 0 Å². The van der Waals surface area contributed by atoms with Crippen LogP contribution in [-0.2, 0) is 18.8 Å². The van der Waals surface area contributed by atoms with E-state index in [-0.39, 0.29) is 17.9 Å². The second kappa shape index (κ2) is 5.82. The van der Waals surface area contributed by atoms with Gasteiger partial charge in [-0.25, -0.2) is 0 Å². The van der Waals surface area contributed by atoms with E-state index in [9.17, 15) is 9.59 Å². The first-order chi connectivity index (χ1) is 9.49. The van der Waals surface area contributed by atoms with Crippen molar-refractivity contribution in [1.82, 2.24) is 0 Å². The lowest BCUT2D eigenvalue weighted by molar-refractivity contribution is -0.153. The summed E-state index contributed by atoms with van der Waals surface area (Å²) >= 11 is 0. The molecule has 20 heavy (non-hydrogen) atoms. The molecule has 2 aliphatic rings. The van der Waals surface area contributed by atoms with E-state index in [1.807, 2.05) is 0 Å². The van der Waals surface area contributed by atoms with Gasteiger partial charge in [0.15, 0.2) is 19.7 Å². The molecule has 1 saturated heterocycles. The van der Waals surface area contributed by atoms with Gasteiger partial charge in [0.2, 0.25) is 0 Å². The van der Waals surface area contributed by atoms with Crippen LogP contribution >= 0.6 is 0 Å². The van der Waals surface area contributed by atoms with Gasteiger partial charge in [0.05, 0.1) is 6.10 Å². The largest absolute Gasteiger partial charge is 0.452 e. The molecule has 0 aromatic heterocycles. The van der Waals surface area contributed by atoms with Gasteiger partial charge >= 0.3 is 5.97 Å². The second-order valence-electron chi connectivity index (χ2n) is 5.78. The minimum atomic E-state index is -1.83. The summed E-state index contributed by atoms with van der Waals surface area (Å²) in [5.74, 6) is -0.121. The Morgan fingerprint density at radius 1 is 1.30 bits per heavy atom. The maximum absolute atomic E-state index is 11.8. The third-order valence-corrected chi connectivity index (χ3v) is 9.48. The summed E-state index contributed by atoms with van der Waals surface area (Å²) in [6.45, 7) is 6.48. The summed E-state index contributed by atoms with van der Waals surface area (Å²) in [4.78, 5) is 23.3. The number of hydrogen-bond acceptors (Lipinski definition) is 4. The molecule has 0 aromatic rings. The SMILES string of the molecule is CC[Si](CC)(CC)O[C@@H]1CC(=O)C=C[C@]12CCC(=O)O2. The topological polar surface area (TPSA) is 52.6 Å². The van der Waals surface area contributed by atoms with Crippen LogP contribution < -0.4 is 0 Å². The number of ether oxygens (including phenoxy) is 1. The highest BCUT2D eigenvalue weighted by atomic mass is 28.4. The highest BCUT2D eigenvalue weighted by Gasteiger charge is 2.50. The van der Waals surface area contributed by atoms with Crippen LogP contribution in [0.15, 0.2) is 12.2 Å². The molecule has 1 aliphatic heterocycles. The Labute approximate surface area is 121 Å². The number of hydrogen-bond donors (Lipinski definition) is 0. The number of rotatable bonds is 5. The van der Waals surface area contributed by atoms with E-state index in [1.54, 1.807) is 12.2 Å². The number of carbonyl (C=O) groups excluding carboxylic acids is 2. The zero-order valence-corrected chi connectivity index (χ0v) is 13.6. The van der Waals surface area contributed by atoms with Crippen molar-refractivity contribution in [2.45, 2.75) is 69.9 Å². The fourth-order valence-corrected chi connectivity index (χ4v) is 6.05. The van der Waals surface area contributed by atoms with Gasteiger partial charge in [0.1, 0.15) is 0 Å². The lowest BCUT2D eigenvalue weighted by Crippen LogP contribution is -2.52. The minimum Gasteiger partial charge on any atom is -0.452 e. The molecule has 1 heterocycles. The molecule has 0 N–H and O–H groups in total. The van der Waals surface area contributed by atoms with Crippen LogP contribution in [0.25, 0.3) is 0 Å². The van der Waals surface area contributed by atoms with Gasteiger partial charge in [0, 0.05) is 19.3 Å². The molecule has 112 valence electrons. The Morgan fingerprint density at radius 2 is 1.95 bits per heavy atom. The van der Waals surface area contributed by atoms with Gasteiger partial charge in [-0.1, -0.05) is 20.8 Å². The fraction of sp³-hybridized carbons (Fsp3) is 0.733. The summed E-state index contributed by atoms with van der Waals surface area (Å²) in [7, 11) is -1.83. The Morgan fingerprint density at radius 3 is 2.45 bits per heavy atom. The highest BCUT2D eigenvalue weighted by molar-refractivity contribution is 6.73. The van der Waals surface area contributed by atoms with Crippen molar-refractivity contribution in [1.29, 1.82) is 0 Å². The first kappa shape index (κ1) is 15.4. The molecule has 0 radical (unpaired) electrons. The first-order valence-corrected chi connectivity index (χ1v) is 10.1. The molecule has 4 nitrogen and oxygen atoms in total. The Balaban J connectivity index is 2.25. The lowest BCUT2D eigenvalue weighted by atomic mass is 9.85. The maximum Gasteiger partial charge on any atom is 0.306 e.